The highest BCUT2D eigenvalue weighted by Crippen LogP contribution is 2.17. The van der Waals surface area contributed by atoms with Gasteiger partial charge in [0.2, 0.25) is 0 Å². The number of anilines is 1. The predicted octanol–water partition coefficient (Wildman–Crippen LogP) is 3.56. The number of benzene rings is 1. The van der Waals surface area contributed by atoms with Crippen molar-refractivity contribution < 1.29 is 9.53 Å². The Morgan fingerprint density at radius 3 is 3.00 bits per heavy atom. The summed E-state index contributed by atoms with van der Waals surface area (Å²) in [5.74, 6) is 0.712. The number of carbonyl (C=O) groups is 1. The molecule has 1 aromatic rings. The van der Waals surface area contributed by atoms with Gasteiger partial charge >= 0.3 is 6.03 Å². The van der Waals surface area contributed by atoms with E-state index in [1.165, 1.54) is 0 Å². The minimum Gasteiger partial charge on any atom is -0.489 e. The van der Waals surface area contributed by atoms with Crippen LogP contribution < -0.4 is 15.4 Å². The standard InChI is InChI=1S/C15H22N2O2/c1-3-5-6-10-16-15(18)17-13-8-7-9-14(12-13)19-11-4-2/h4,7-9,12H,2-3,5-6,10-11H2,1H3,(H2,16,17,18). The molecular weight excluding hydrogens is 240 g/mol. The number of unbranched alkanes of at least 4 members (excludes halogenated alkanes) is 2. The normalized spacial score (nSPS) is 9.74. The van der Waals surface area contributed by atoms with Crippen LogP contribution in [0.25, 0.3) is 0 Å². The molecular formula is C15H22N2O2. The van der Waals surface area contributed by atoms with Crippen molar-refractivity contribution in [3.63, 3.8) is 0 Å². The molecule has 19 heavy (non-hydrogen) atoms. The summed E-state index contributed by atoms with van der Waals surface area (Å²) in [7, 11) is 0. The maximum Gasteiger partial charge on any atom is 0.319 e. The van der Waals surface area contributed by atoms with Crippen LogP contribution >= 0.6 is 0 Å². The van der Waals surface area contributed by atoms with Gasteiger partial charge in [-0.3, -0.25) is 0 Å². The molecule has 4 nitrogen and oxygen atoms in total. The first-order valence-corrected chi connectivity index (χ1v) is 6.65. The molecule has 0 radical (unpaired) electrons. The van der Waals surface area contributed by atoms with Crippen LogP contribution in [0.3, 0.4) is 0 Å². The fourth-order valence-electron chi connectivity index (χ4n) is 1.57. The van der Waals surface area contributed by atoms with Gasteiger partial charge in [-0.25, -0.2) is 4.79 Å². The lowest BCUT2D eigenvalue weighted by molar-refractivity contribution is 0.252. The highest BCUT2D eigenvalue weighted by molar-refractivity contribution is 5.89. The molecule has 2 amide bonds. The van der Waals surface area contributed by atoms with Gasteiger partial charge in [-0.15, -0.1) is 0 Å². The van der Waals surface area contributed by atoms with Gasteiger partial charge in [-0.1, -0.05) is 38.5 Å². The number of nitrogens with one attached hydrogen (secondary N) is 2. The molecule has 0 aromatic heterocycles. The van der Waals surface area contributed by atoms with E-state index in [-0.39, 0.29) is 6.03 Å². The summed E-state index contributed by atoms with van der Waals surface area (Å²) in [4.78, 5) is 11.6. The summed E-state index contributed by atoms with van der Waals surface area (Å²) < 4.78 is 5.40. The molecule has 104 valence electrons. The second-order valence-corrected chi connectivity index (χ2v) is 4.22. The number of amides is 2. The molecule has 1 rings (SSSR count). The van der Waals surface area contributed by atoms with Crippen molar-refractivity contribution in [2.24, 2.45) is 0 Å². The molecule has 4 heteroatoms. The fourth-order valence-corrected chi connectivity index (χ4v) is 1.57. The third kappa shape index (κ3) is 6.50. The highest BCUT2D eigenvalue weighted by atomic mass is 16.5. The maximum atomic E-state index is 11.6. The zero-order valence-corrected chi connectivity index (χ0v) is 11.4. The predicted molar refractivity (Wildman–Crippen MR) is 78.7 cm³/mol. The molecule has 0 saturated carbocycles. The van der Waals surface area contributed by atoms with E-state index in [9.17, 15) is 4.79 Å². The molecule has 0 aliphatic carbocycles. The number of rotatable bonds is 8. The van der Waals surface area contributed by atoms with Gasteiger partial charge < -0.3 is 15.4 Å². The topological polar surface area (TPSA) is 50.4 Å². The van der Waals surface area contributed by atoms with Crippen LogP contribution in [0, 0.1) is 0 Å². The van der Waals surface area contributed by atoms with Crippen molar-refractivity contribution >= 4 is 11.7 Å². The van der Waals surface area contributed by atoms with Gasteiger partial charge in [0.05, 0.1) is 0 Å². The van der Waals surface area contributed by atoms with E-state index in [0.717, 1.165) is 24.9 Å². The van der Waals surface area contributed by atoms with Crippen LogP contribution in [-0.4, -0.2) is 19.2 Å². The first-order chi connectivity index (χ1) is 9.26. The van der Waals surface area contributed by atoms with Crippen LogP contribution in [0.15, 0.2) is 36.9 Å². The third-order valence-corrected chi connectivity index (χ3v) is 2.53. The lowest BCUT2D eigenvalue weighted by Gasteiger charge is -2.09. The van der Waals surface area contributed by atoms with Gasteiger partial charge in [0.1, 0.15) is 12.4 Å². The molecule has 0 spiro atoms. The largest absolute Gasteiger partial charge is 0.489 e. The summed E-state index contributed by atoms with van der Waals surface area (Å²) in [6, 6.07) is 7.11. The maximum absolute atomic E-state index is 11.6. The Balaban J connectivity index is 2.38. The Bertz CT molecular complexity index is 405. The van der Waals surface area contributed by atoms with E-state index in [4.69, 9.17) is 4.74 Å². The van der Waals surface area contributed by atoms with Gasteiger partial charge in [0.15, 0.2) is 0 Å². The van der Waals surface area contributed by atoms with E-state index in [2.05, 4.69) is 24.1 Å². The molecule has 1 aromatic carbocycles. The van der Waals surface area contributed by atoms with Crippen molar-refractivity contribution in [2.75, 3.05) is 18.5 Å². The Morgan fingerprint density at radius 1 is 1.42 bits per heavy atom. The zero-order chi connectivity index (χ0) is 13.9. The van der Waals surface area contributed by atoms with Crippen molar-refractivity contribution in [1.82, 2.24) is 5.32 Å². The Labute approximate surface area is 114 Å². The van der Waals surface area contributed by atoms with E-state index < -0.39 is 0 Å². The number of carbonyl (C=O) groups excluding carboxylic acids is 1. The molecule has 0 aliphatic heterocycles. The van der Waals surface area contributed by atoms with Crippen LogP contribution in [0.5, 0.6) is 5.75 Å². The molecule has 0 aliphatic rings. The van der Waals surface area contributed by atoms with E-state index in [1.807, 2.05) is 18.2 Å². The first kappa shape index (κ1) is 15.1. The number of urea groups is 1. The zero-order valence-electron chi connectivity index (χ0n) is 11.4. The van der Waals surface area contributed by atoms with Crippen molar-refractivity contribution in [1.29, 1.82) is 0 Å². The summed E-state index contributed by atoms with van der Waals surface area (Å²) in [5, 5.41) is 5.60. The molecule has 0 heterocycles. The van der Waals surface area contributed by atoms with Crippen molar-refractivity contribution in [2.45, 2.75) is 26.2 Å². The smallest absolute Gasteiger partial charge is 0.319 e. The Hall–Kier alpha value is -1.97. The lowest BCUT2D eigenvalue weighted by Crippen LogP contribution is -2.29. The molecule has 0 saturated heterocycles. The summed E-state index contributed by atoms with van der Waals surface area (Å²) in [5.41, 5.74) is 0.717. The molecule has 0 fully saturated rings. The molecule has 0 unspecified atom stereocenters. The van der Waals surface area contributed by atoms with Crippen molar-refractivity contribution in [3.8, 4) is 5.75 Å². The SMILES string of the molecule is C=CCOc1cccc(NC(=O)NCCCCC)c1. The van der Waals surface area contributed by atoms with Crippen LogP contribution in [0.2, 0.25) is 0 Å². The summed E-state index contributed by atoms with van der Waals surface area (Å²) in [6.07, 6.45) is 4.96. The number of hydrogen-bond donors (Lipinski definition) is 2. The van der Waals surface area contributed by atoms with Gasteiger partial charge in [0, 0.05) is 18.3 Å². The van der Waals surface area contributed by atoms with Crippen molar-refractivity contribution in [3.05, 3.63) is 36.9 Å². The van der Waals surface area contributed by atoms with Crippen LogP contribution in [0.1, 0.15) is 26.2 Å². The second kappa shape index (κ2) is 9.03. The van der Waals surface area contributed by atoms with Gasteiger partial charge in [0.25, 0.3) is 0 Å². The fraction of sp³-hybridized carbons (Fsp3) is 0.400. The minimum absolute atomic E-state index is 0.183. The number of hydrogen-bond acceptors (Lipinski definition) is 2. The summed E-state index contributed by atoms with van der Waals surface area (Å²) in [6.45, 7) is 6.88. The first-order valence-electron chi connectivity index (χ1n) is 6.65. The molecule has 0 atom stereocenters. The Morgan fingerprint density at radius 2 is 2.26 bits per heavy atom. The van der Waals surface area contributed by atoms with E-state index in [0.29, 0.717) is 18.9 Å². The van der Waals surface area contributed by atoms with E-state index >= 15 is 0 Å². The van der Waals surface area contributed by atoms with Crippen LogP contribution in [0.4, 0.5) is 10.5 Å². The van der Waals surface area contributed by atoms with Gasteiger partial charge in [-0.2, -0.15) is 0 Å². The summed E-state index contributed by atoms with van der Waals surface area (Å²) >= 11 is 0. The van der Waals surface area contributed by atoms with E-state index in [1.54, 1.807) is 12.1 Å². The third-order valence-electron chi connectivity index (χ3n) is 2.53. The average molecular weight is 262 g/mol. The molecule has 2 N–H and O–H groups in total. The average Bonchev–Trinajstić information content (AvgIpc) is 2.42. The molecule has 0 bridgehead atoms. The lowest BCUT2D eigenvalue weighted by atomic mass is 10.2. The quantitative estimate of drug-likeness (QED) is 0.556. The number of ether oxygens (including phenoxy) is 1. The minimum atomic E-state index is -0.183. The monoisotopic (exact) mass is 262 g/mol. The second-order valence-electron chi connectivity index (χ2n) is 4.22. The van der Waals surface area contributed by atoms with Gasteiger partial charge in [-0.05, 0) is 18.6 Å². The Kier molecular flexibility index (Phi) is 7.17. The van der Waals surface area contributed by atoms with Crippen LogP contribution in [-0.2, 0) is 0 Å². The highest BCUT2D eigenvalue weighted by Gasteiger charge is 2.01.